The number of nitrogens with zero attached hydrogens (tertiary/aromatic N) is 2. The van der Waals surface area contributed by atoms with Gasteiger partial charge in [-0.3, -0.25) is 9.59 Å². The molecule has 0 N–H and O–H groups in total. The van der Waals surface area contributed by atoms with Gasteiger partial charge in [0.15, 0.2) is 4.80 Å². The van der Waals surface area contributed by atoms with Crippen molar-refractivity contribution in [2.45, 2.75) is 20.4 Å². The van der Waals surface area contributed by atoms with Gasteiger partial charge in [-0.05, 0) is 50.2 Å². The van der Waals surface area contributed by atoms with Crippen molar-refractivity contribution in [3.05, 3.63) is 56.8 Å². The zero-order chi connectivity index (χ0) is 21.0. The van der Waals surface area contributed by atoms with Crippen LogP contribution in [0.3, 0.4) is 0 Å². The van der Waals surface area contributed by atoms with E-state index in [-0.39, 0.29) is 13.2 Å². The average molecular weight is 453 g/mol. The molecule has 29 heavy (non-hydrogen) atoms. The van der Waals surface area contributed by atoms with Crippen molar-refractivity contribution >= 4 is 56.6 Å². The minimum atomic E-state index is -0.460. The number of aromatic nitrogens is 1. The SMILES string of the molecule is CCOC(=O)Cn1c(=NC(=O)c2ccc(OCC)cc2)sc2ccc(Cl)c(Cl)c21. The normalized spacial score (nSPS) is 11.7. The number of ether oxygens (including phenoxy) is 2. The summed E-state index contributed by atoms with van der Waals surface area (Å²) < 4.78 is 12.7. The van der Waals surface area contributed by atoms with Gasteiger partial charge in [-0.2, -0.15) is 4.99 Å². The van der Waals surface area contributed by atoms with Gasteiger partial charge >= 0.3 is 5.97 Å². The first-order valence-corrected chi connectivity index (χ1v) is 10.5. The molecule has 1 amide bonds. The summed E-state index contributed by atoms with van der Waals surface area (Å²) in [5.41, 5.74) is 0.938. The van der Waals surface area contributed by atoms with E-state index in [4.69, 9.17) is 32.7 Å². The molecule has 0 unspecified atom stereocenters. The van der Waals surface area contributed by atoms with Crippen LogP contribution in [0.25, 0.3) is 10.2 Å². The summed E-state index contributed by atoms with van der Waals surface area (Å²) >= 11 is 13.8. The molecule has 9 heteroatoms. The topological polar surface area (TPSA) is 69.9 Å². The molecule has 0 fully saturated rings. The van der Waals surface area contributed by atoms with Crippen LogP contribution in [-0.2, 0) is 16.1 Å². The number of hydrogen-bond donors (Lipinski definition) is 0. The molecule has 0 bridgehead atoms. The first kappa shape index (κ1) is 21.4. The molecule has 0 spiro atoms. The first-order valence-electron chi connectivity index (χ1n) is 8.89. The Morgan fingerprint density at radius 3 is 2.45 bits per heavy atom. The Bertz CT molecular complexity index is 1120. The number of benzene rings is 2. The van der Waals surface area contributed by atoms with E-state index < -0.39 is 11.9 Å². The van der Waals surface area contributed by atoms with E-state index >= 15 is 0 Å². The molecule has 0 saturated heterocycles. The molecule has 0 aliphatic carbocycles. The molecular formula is C20H18Cl2N2O4S. The summed E-state index contributed by atoms with van der Waals surface area (Å²) in [6, 6.07) is 10.1. The lowest BCUT2D eigenvalue weighted by Crippen LogP contribution is -2.23. The van der Waals surface area contributed by atoms with E-state index in [2.05, 4.69) is 4.99 Å². The smallest absolute Gasteiger partial charge is 0.326 e. The number of halogens is 2. The number of amides is 1. The standard InChI is InChI=1S/C20H18Cl2N2O4S/c1-3-27-13-7-5-12(6-8-13)19(26)23-20-24(11-16(25)28-4-2)18-15(29-20)10-9-14(21)17(18)22/h5-10H,3-4,11H2,1-2H3. The van der Waals surface area contributed by atoms with Crippen LogP contribution < -0.4 is 9.54 Å². The maximum absolute atomic E-state index is 12.7. The predicted octanol–water partition coefficient (Wildman–Crippen LogP) is 4.71. The highest BCUT2D eigenvalue weighted by molar-refractivity contribution is 7.16. The molecule has 0 atom stereocenters. The van der Waals surface area contributed by atoms with E-state index in [1.807, 2.05) is 6.92 Å². The van der Waals surface area contributed by atoms with Crippen molar-refractivity contribution in [2.24, 2.45) is 4.99 Å². The Balaban J connectivity index is 2.08. The highest BCUT2D eigenvalue weighted by Gasteiger charge is 2.16. The van der Waals surface area contributed by atoms with Crippen LogP contribution in [-0.4, -0.2) is 29.7 Å². The molecule has 2 aromatic carbocycles. The van der Waals surface area contributed by atoms with Crippen LogP contribution in [0, 0.1) is 0 Å². The Labute approximate surface area is 181 Å². The summed E-state index contributed by atoms with van der Waals surface area (Å²) in [6.45, 7) is 4.25. The summed E-state index contributed by atoms with van der Waals surface area (Å²) in [5.74, 6) is -0.234. The summed E-state index contributed by atoms with van der Waals surface area (Å²) in [5, 5.41) is 0.638. The minimum Gasteiger partial charge on any atom is -0.494 e. The molecule has 3 aromatic rings. The highest BCUT2D eigenvalue weighted by atomic mass is 35.5. The van der Waals surface area contributed by atoms with Gasteiger partial charge < -0.3 is 14.0 Å². The fraction of sp³-hybridized carbons (Fsp3) is 0.250. The second-order valence-corrected chi connectivity index (χ2v) is 7.65. The van der Waals surface area contributed by atoms with Crippen molar-refractivity contribution in [2.75, 3.05) is 13.2 Å². The fourth-order valence-electron chi connectivity index (χ4n) is 2.68. The number of thiazole rings is 1. The van der Waals surface area contributed by atoms with E-state index in [1.165, 1.54) is 11.3 Å². The van der Waals surface area contributed by atoms with Crippen molar-refractivity contribution in [3.63, 3.8) is 0 Å². The van der Waals surface area contributed by atoms with Crippen molar-refractivity contribution in [1.29, 1.82) is 0 Å². The lowest BCUT2D eigenvalue weighted by molar-refractivity contribution is -0.143. The lowest BCUT2D eigenvalue weighted by Gasteiger charge is -2.07. The molecule has 6 nitrogen and oxygen atoms in total. The van der Waals surface area contributed by atoms with Gasteiger partial charge in [0.2, 0.25) is 0 Å². The van der Waals surface area contributed by atoms with Crippen LogP contribution in [0.15, 0.2) is 41.4 Å². The maximum Gasteiger partial charge on any atom is 0.326 e. The third-order valence-corrected chi connectivity index (χ3v) is 5.77. The third-order valence-electron chi connectivity index (χ3n) is 3.94. The summed E-state index contributed by atoms with van der Waals surface area (Å²) in [6.07, 6.45) is 0. The Hall–Kier alpha value is -2.35. The van der Waals surface area contributed by atoms with Gasteiger partial charge in [0.1, 0.15) is 12.3 Å². The number of carbonyl (C=O) groups is 2. The number of esters is 1. The molecule has 0 radical (unpaired) electrons. The average Bonchev–Trinajstić information content (AvgIpc) is 3.03. The second-order valence-electron chi connectivity index (χ2n) is 5.86. The Morgan fingerprint density at radius 1 is 1.07 bits per heavy atom. The van der Waals surface area contributed by atoms with E-state index in [0.717, 1.165) is 4.70 Å². The van der Waals surface area contributed by atoms with Gasteiger partial charge in [-0.15, -0.1) is 0 Å². The van der Waals surface area contributed by atoms with Gasteiger partial charge in [0.05, 0.1) is 33.5 Å². The van der Waals surface area contributed by atoms with Crippen LogP contribution in [0.4, 0.5) is 0 Å². The second kappa shape index (κ2) is 9.43. The lowest BCUT2D eigenvalue weighted by atomic mass is 10.2. The third kappa shape index (κ3) is 4.80. The highest BCUT2D eigenvalue weighted by Crippen LogP contribution is 2.32. The quantitative estimate of drug-likeness (QED) is 0.507. The van der Waals surface area contributed by atoms with Crippen LogP contribution >= 0.6 is 34.5 Å². The molecule has 0 aliphatic heterocycles. The van der Waals surface area contributed by atoms with E-state index in [1.54, 1.807) is 47.9 Å². The van der Waals surface area contributed by atoms with E-state index in [9.17, 15) is 9.59 Å². The zero-order valence-electron chi connectivity index (χ0n) is 15.8. The van der Waals surface area contributed by atoms with Gasteiger partial charge in [-0.25, -0.2) is 0 Å². The first-order chi connectivity index (χ1) is 13.9. The molecule has 1 heterocycles. The monoisotopic (exact) mass is 452 g/mol. The van der Waals surface area contributed by atoms with Crippen molar-refractivity contribution in [3.8, 4) is 5.75 Å². The van der Waals surface area contributed by atoms with Crippen LogP contribution in [0.5, 0.6) is 5.75 Å². The van der Waals surface area contributed by atoms with Gasteiger partial charge in [-0.1, -0.05) is 34.5 Å². The van der Waals surface area contributed by atoms with Crippen molar-refractivity contribution in [1.82, 2.24) is 4.57 Å². The molecule has 0 saturated carbocycles. The summed E-state index contributed by atoms with van der Waals surface area (Å²) in [4.78, 5) is 29.3. The summed E-state index contributed by atoms with van der Waals surface area (Å²) in [7, 11) is 0. The predicted molar refractivity (Wildman–Crippen MR) is 114 cm³/mol. The van der Waals surface area contributed by atoms with Crippen molar-refractivity contribution < 1.29 is 19.1 Å². The Kier molecular flexibility index (Phi) is 6.95. The van der Waals surface area contributed by atoms with E-state index in [0.29, 0.717) is 38.3 Å². The number of hydrogen-bond acceptors (Lipinski definition) is 5. The zero-order valence-corrected chi connectivity index (χ0v) is 18.1. The molecule has 3 rings (SSSR count). The molecule has 152 valence electrons. The number of rotatable bonds is 6. The molecule has 0 aliphatic rings. The fourth-order valence-corrected chi connectivity index (χ4v) is 4.19. The number of fused-ring (bicyclic) bond motifs is 1. The Morgan fingerprint density at radius 2 is 1.79 bits per heavy atom. The minimum absolute atomic E-state index is 0.136. The molecular weight excluding hydrogens is 435 g/mol. The molecule has 1 aromatic heterocycles. The van der Waals surface area contributed by atoms with Crippen LogP contribution in [0.2, 0.25) is 10.0 Å². The maximum atomic E-state index is 12.7. The number of carbonyl (C=O) groups excluding carboxylic acids is 2. The largest absolute Gasteiger partial charge is 0.494 e. The van der Waals surface area contributed by atoms with Gasteiger partial charge in [0.25, 0.3) is 5.91 Å². The van der Waals surface area contributed by atoms with Gasteiger partial charge in [0, 0.05) is 5.56 Å². The van der Waals surface area contributed by atoms with Crippen LogP contribution in [0.1, 0.15) is 24.2 Å².